The van der Waals surface area contributed by atoms with E-state index in [1.807, 2.05) is 6.92 Å². The molecule has 0 saturated carbocycles. The zero-order chi connectivity index (χ0) is 14.6. The van der Waals surface area contributed by atoms with E-state index in [9.17, 15) is 13.2 Å². The molecule has 0 aliphatic heterocycles. The summed E-state index contributed by atoms with van der Waals surface area (Å²) >= 11 is 0. The van der Waals surface area contributed by atoms with Crippen LogP contribution in [0.15, 0.2) is 29.1 Å². The van der Waals surface area contributed by atoms with Crippen LogP contribution in [0, 0.1) is 0 Å². The molecule has 2 aromatic rings. The fourth-order valence-electron chi connectivity index (χ4n) is 1.80. The van der Waals surface area contributed by atoms with Gasteiger partial charge in [0.1, 0.15) is 5.82 Å². The van der Waals surface area contributed by atoms with Gasteiger partial charge in [0.05, 0.1) is 23.2 Å². The van der Waals surface area contributed by atoms with Crippen molar-refractivity contribution in [3.63, 3.8) is 0 Å². The Morgan fingerprint density at radius 3 is 2.80 bits per heavy atom. The predicted octanol–water partition coefficient (Wildman–Crippen LogP) is 1.14. The third-order valence-corrected chi connectivity index (χ3v) is 4.30. The number of nitrogens with one attached hydrogen (secondary N) is 2. The van der Waals surface area contributed by atoms with E-state index >= 15 is 0 Å². The molecule has 7 heteroatoms. The molecule has 0 atom stereocenters. The van der Waals surface area contributed by atoms with Crippen molar-refractivity contribution in [2.24, 2.45) is 0 Å². The molecule has 0 bridgehead atoms. The maximum atomic E-state index is 11.8. The molecular weight excluding hydrogens is 278 g/mol. The quantitative estimate of drug-likeness (QED) is 0.836. The Bertz CT molecular complexity index is 753. The highest BCUT2D eigenvalue weighted by Gasteiger charge is 2.10. The van der Waals surface area contributed by atoms with E-state index in [1.54, 1.807) is 24.3 Å². The number of sulfonamides is 1. The van der Waals surface area contributed by atoms with Crippen molar-refractivity contribution in [2.45, 2.75) is 26.3 Å². The van der Waals surface area contributed by atoms with Gasteiger partial charge in [0.2, 0.25) is 10.0 Å². The van der Waals surface area contributed by atoms with Crippen LogP contribution in [0.1, 0.15) is 25.6 Å². The normalized spacial score (nSPS) is 11.8. The van der Waals surface area contributed by atoms with Gasteiger partial charge in [-0.1, -0.05) is 25.5 Å². The molecule has 6 nitrogen and oxygen atoms in total. The van der Waals surface area contributed by atoms with Gasteiger partial charge in [-0.2, -0.15) is 0 Å². The summed E-state index contributed by atoms with van der Waals surface area (Å²) in [6, 6.07) is 6.94. The SMILES string of the molecule is CCCCS(=O)(=O)NCc1nc2ccccc2c(=O)[nH]1. The Labute approximate surface area is 117 Å². The summed E-state index contributed by atoms with van der Waals surface area (Å²) in [5.74, 6) is 0.398. The van der Waals surface area contributed by atoms with Crippen molar-refractivity contribution in [3.05, 3.63) is 40.4 Å². The number of para-hydroxylation sites is 1. The first kappa shape index (κ1) is 14.7. The minimum atomic E-state index is -3.32. The Balaban J connectivity index is 2.17. The zero-order valence-corrected chi connectivity index (χ0v) is 12.0. The second kappa shape index (κ2) is 6.15. The van der Waals surface area contributed by atoms with Crippen LogP contribution in [0.5, 0.6) is 0 Å². The van der Waals surface area contributed by atoms with Gasteiger partial charge in [0, 0.05) is 0 Å². The van der Waals surface area contributed by atoms with Crippen molar-refractivity contribution in [3.8, 4) is 0 Å². The fraction of sp³-hybridized carbons (Fsp3) is 0.385. The molecule has 2 rings (SSSR count). The lowest BCUT2D eigenvalue weighted by molar-refractivity contribution is 0.576. The van der Waals surface area contributed by atoms with E-state index in [1.165, 1.54) is 0 Å². The summed E-state index contributed by atoms with van der Waals surface area (Å²) < 4.78 is 25.8. The maximum absolute atomic E-state index is 11.8. The molecule has 0 amide bonds. The third kappa shape index (κ3) is 3.64. The summed E-state index contributed by atoms with van der Waals surface area (Å²) in [7, 11) is -3.32. The van der Waals surface area contributed by atoms with E-state index in [0.29, 0.717) is 23.1 Å². The lowest BCUT2D eigenvalue weighted by Gasteiger charge is -2.06. The van der Waals surface area contributed by atoms with Crippen LogP contribution in [-0.2, 0) is 16.6 Å². The number of fused-ring (bicyclic) bond motifs is 1. The van der Waals surface area contributed by atoms with Crippen LogP contribution in [0.25, 0.3) is 10.9 Å². The Hall–Kier alpha value is -1.73. The fourth-order valence-corrected chi connectivity index (χ4v) is 2.97. The monoisotopic (exact) mass is 295 g/mol. The second-order valence-electron chi connectivity index (χ2n) is 4.52. The number of H-pyrrole nitrogens is 1. The first-order valence-corrected chi connectivity index (χ1v) is 8.12. The molecule has 0 aliphatic rings. The van der Waals surface area contributed by atoms with Gasteiger partial charge in [0.15, 0.2) is 0 Å². The molecule has 20 heavy (non-hydrogen) atoms. The molecule has 0 spiro atoms. The van der Waals surface area contributed by atoms with Crippen LogP contribution in [0.4, 0.5) is 0 Å². The highest BCUT2D eigenvalue weighted by Crippen LogP contribution is 2.05. The van der Waals surface area contributed by atoms with Gasteiger partial charge in [-0.05, 0) is 18.6 Å². The maximum Gasteiger partial charge on any atom is 0.258 e. The summed E-state index contributed by atoms with van der Waals surface area (Å²) in [4.78, 5) is 18.6. The van der Waals surface area contributed by atoms with Gasteiger partial charge >= 0.3 is 0 Å². The minimum absolute atomic E-state index is 0.00782. The van der Waals surface area contributed by atoms with Gasteiger partial charge < -0.3 is 4.98 Å². The summed E-state index contributed by atoms with van der Waals surface area (Å²) in [5, 5.41) is 0.491. The number of hydrogen-bond acceptors (Lipinski definition) is 4. The van der Waals surface area contributed by atoms with Crippen molar-refractivity contribution in [2.75, 3.05) is 5.75 Å². The zero-order valence-electron chi connectivity index (χ0n) is 11.2. The van der Waals surface area contributed by atoms with Crippen LogP contribution in [0.3, 0.4) is 0 Å². The molecule has 0 radical (unpaired) electrons. The highest BCUT2D eigenvalue weighted by atomic mass is 32.2. The van der Waals surface area contributed by atoms with Crippen LogP contribution in [-0.4, -0.2) is 24.1 Å². The smallest absolute Gasteiger partial charge is 0.258 e. The topological polar surface area (TPSA) is 91.9 Å². The number of benzene rings is 1. The second-order valence-corrected chi connectivity index (χ2v) is 6.45. The van der Waals surface area contributed by atoms with Crippen LogP contribution in [0.2, 0.25) is 0 Å². The van der Waals surface area contributed by atoms with Crippen molar-refractivity contribution in [1.29, 1.82) is 0 Å². The van der Waals surface area contributed by atoms with Crippen LogP contribution >= 0.6 is 0 Å². The van der Waals surface area contributed by atoms with Crippen molar-refractivity contribution < 1.29 is 8.42 Å². The number of hydrogen-bond donors (Lipinski definition) is 2. The molecular formula is C13H17N3O3S. The van der Waals surface area contributed by atoms with E-state index in [0.717, 1.165) is 6.42 Å². The molecule has 0 fully saturated rings. The van der Waals surface area contributed by atoms with Crippen molar-refractivity contribution in [1.82, 2.24) is 14.7 Å². The first-order valence-electron chi connectivity index (χ1n) is 6.47. The van der Waals surface area contributed by atoms with Crippen molar-refractivity contribution >= 4 is 20.9 Å². The van der Waals surface area contributed by atoms with E-state index in [-0.39, 0.29) is 17.9 Å². The van der Waals surface area contributed by atoms with Gasteiger partial charge in [-0.25, -0.2) is 18.1 Å². The molecule has 1 heterocycles. The van der Waals surface area contributed by atoms with Gasteiger partial charge in [-0.15, -0.1) is 0 Å². The average Bonchev–Trinajstić information content (AvgIpc) is 2.43. The number of rotatable bonds is 6. The van der Waals surface area contributed by atoms with Crippen LogP contribution < -0.4 is 10.3 Å². The molecule has 0 unspecified atom stereocenters. The third-order valence-electron chi connectivity index (χ3n) is 2.89. The number of aromatic nitrogens is 2. The summed E-state index contributed by atoms with van der Waals surface area (Å²) in [6.07, 6.45) is 1.42. The lowest BCUT2D eigenvalue weighted by atomic mass is 10.2. The molecule has 1 aromatic heterocycles. The average molecular weight is 295 g/mol. The first-order chi connectivity index (χ1) is 9.52. The van der Waals surface area contributed by atoms with E-state index in [4.69, 9.17) is 0 Å². The lowest BCUT2D eigenvalue weighted by Crippen LogP contribution is -2.28. The molecule has 0 aliphatic carbocycles. The Morgan fingerprint density at radius 2 is 2.05 bits per heavy atom. The number of nitrogens with zero attached hydrogens (tertiary/aromatic N) is 1. The molecule has 0 saturated heterocycles. The molecule has 108 valence electrons. The standard InChI is InChI=1S/C13H17N3O3S/c1-2-3-8-20(18,19)14-9-12-15-11-7-5-4-6-10(11)13(17)16-12/h4-7,14H,2-3,8-9H2,1H3,(H,15,16,17). The number of aromatic amines is 1. The predicted molar refractivity (Wildman–Crippen MR) is 77.9 cm³/mol. The van der Waals surface area contributed by atoms with Gasteiger partial charge in [0.25, 0.3) is 5.56 Å². The minimum Gasteiger partial charge on any atom is -0.309 e. The summed E-state index contributed by atoms with van der Waals surface area (Å²) in [6.45, 7) is 1.92. The van der Waals surface area contributed by atoms with E-state index in [2.05, 4.69) is 14.7 Å². The highest BCUT2D eigenvalue weighted by molar-refractivity contribution is 7.89. The Morgan fingerprint density at radius 1 is 1.30 bits per heavy atom. The Kier molecular flexibility index (Phi) is 4.51. The molecule has 1 aromatic carbocycles. The summed E-state index contributed by atoms with van der Waals surface area (Å²) in [5.41, 5.74) is 0.289. The molecule has 2 N–H and O–H groups in total. The van der Waals surface area contributed by atoms with E-state index < -0.39 is 10.0 Å². The number of unbranched alkanes of at least 4 members (excludes halogenated alkanes) is 1. The largest absolute Gasteiger partial charge is 0.309 e. The van der Waals surface area contributed by atoms with Gasteiger partial charge in [-0.3, -0.25) is 4.79 Å².